The fraction of sp³-hybridized carbons (Fsp3) is 0. The first-order chi connectivity index (χ1) is 9.86. The molecular weight excluding hydrogens is 409 g/mol. The highest BCUT2D eigenvalue weighted by Gasteiger charge is 2.14. The number of benzene rings is 1. The van der Waals surface area contributed by atoms with Crippen molar-refractivity contribution in [3.05, 3.63) is 49.2 Å². The minimum Gasteiger partial charge on any atom is -0.478 e. The molecule has 0 saturated heterocycles. The lowest BCUT2D eigenvalue weighted by atomic mass is 10.1. The van der Waals surface area contributed by atoms with Gasteiger partial charge in [0.1, 0.15) is 0 Å². The summed E-state index contributed by atoms with van der Waals surface area (Å²) in [5.74, 6) is -2.95. The van der Waals surface area contributed by atoms with E-state index in [4.69, 9.17) is 10.2 Å². The summed E-state index contributed by atoms with van der Waals surface area (Å²) in [5, 5.41) is 22.1. The van der Waals surface area contributed by atoms with Crippen molar-refractivity contribution in [2.75, 3.05) is 5.32 Å². The molecule has 0 aliphatic carbocycles. The van der Waals surface area contributed by atoms with E-state index in [9.17, 15) is 14.4 Å². The molecule has 2 aromatic rings. The van der Waals surface area contributed by atoms with Crippen LogP contribution >= 0.6 is 33.9 Å². The summed E-state index contributed by atoms with van der Waals surface area (Å²) in [4.78, 5) is 34.0. The maximum absolute atomic E-state index is 12.0. The van der Waals surface area contributed by atoms with E-state index in [1.54, 1.807) is 11.4 Å². The second kappa shape index (κ2) is 6.22. The average Bonchev–Trinajstić information content (AvgIpc) is 2.85. The summed E-state index contributed by atoms with van der Waals surface area (Å²) in [7, 11) is 0. The van der Waals surface area contributed by atoms with Crippen LogP contribution < -0.4 is 5.32 Å². The van der Waals surface area contributed by atoms with Gasteiger partial charge in [-0.3, -0.25) is 4.79 Å². The third kappa shape index (κ3) is 3.79. The first-order valence-electron chi connectivity index (χ1n) is 5.54. The van der Waals surface area contributed by atoms with Gasteiger partial charge in [-0.05, 0) is 46.9 Å². The lowest BCUT2D eigenvalue weighted by molar-refractivity contribution is 0.0696. The van der Waals surface area contributed by atoms with Gasteiger partial charge in [0.2, 0.25) is 0 Å². The lowest BCUT2D eigenvalue weighted by Crippen LogP contribution is -2.12. The zero-order valence-electron chi connectivity index (χ0n) is 10.3. The Balaban J connectivity index is 2.32. The molecule has 2 rings (SSSR count). The number of carbonyl (C=O) groups is 3. The van der Waals surface area contributed by atoms with Crippen LogP contribution in [0.25, 0.3) is 0 Å². The van der Waals surface area contributed by atoms with Crippen LogP contribution in [0.3, 0.4) is 0 Å². The van der Waals surface area contributed by atoms with Crippen molar-refractivity contribution < 1.29 is 24.6 Å². The molecule has 1 amide bonds. The average molecular weight is 417 g/mol. The van der Waals surface area contributed by atoms with Gasteiger partial charge in [0.15, 0.2) is 0 Å². The van der Waals surface area contributed by atoms with E-state index >= 15 is 0 Å². The Hall–Kier alpha value is -1.94. The molecule has 8 heteroatoms. The topological polar surface area (TPSA) is 104 Å². The van der Waals surface area contributed by atoms with Gasteiger partial charge in [-0.25, -0.2) is 9.59 Å². The van der Waals surface area contributed by atoms with Gasteiger partial charge in [-0.2, -0.15) is 0 Å². The predicted molar refractivity (Wildman–Crippen MR) is 85.3 cm³/mol. The number of carboxylic acids is 2. The maximum atomic E-state index is 12.0. The number of carboxylic acid groups (broad SMARTS) is 2. The lowest BCUT2D eigenvalue weighted by Gasteiger charge is -2.07. The number of anilines is 1. The van der Waals surface area contributed by atoms with E-state index in [1.165, 1.54) is 23.5 Å². The summed E-state index contributed by atoms with van der Waals surface area (Å²) in [6, 6.07) is 5.14. The van der Waals surface area contributed by atoms with Gasteiger partial charge in [-0.15, -0.1) is 11.3 Å². The van der Waals surface area contributed by atoms with Crippen LogP contribution in [-0.4, -0.2) is 28.1 Å². The van der Waals surface area contributed by atoms with Crippen molar-refractivity contribution in [3.8, 4) is 0 Å². The highest BCUT2D eigenvalue weighted by atomic mass is 127. The van der Waals surface area contributed by atoms with Crippen molar-refractivity contribution in [3.63, 3.8) is 0 Å². The van der Waals surface area contributed by atoms with Crippen LogP contribution in [0, 0.1) is 2.88 Å². The van der Waals surface area contributed by atoms with Crippen molar-refractivity contribution in [2.45, 2.75) is 0 Å². The number of aromatic carboxylic acids is 2. The monoisotopic (exact) mass is 417 g/mol. The van der Waals surface area contributed by atoms with Gasteiger partial charge in [-0.1, -0.05) is 0 Å². The molecule has 3 N–H and O–H groups in total. The Morgan fingerprint density at radius 1 is 0.952 bits per heavy atom. The Morgan fingerprint density at radius 3 is 1.95 bits per heavy atom. The second-order valence-corrected chi connectivity index (χ2v) is 6.81. The molecule has 1 aromatic carbocycles. The third-order valence-corrected chi connectivity index (χ3v) is 4.30. The molecule has 108 valence electrons. The van der Waals surface area contributed by atoms with Crippen molar-refractivity contribution in [1.82, 2.24) is 0 Å². The number of hydrogen-bond donors (Lipinski definition) is 3. The fourth-order valence-electron chi connectivity index (χ4n) is 1.58. The number of rotatable bonds is 4. The minimum atomic E-state index is -1.27. The zero-order valence-corrected chi connectivity index (χ0v) is 13.3. The van der Waals surface area contributed by atoms with Crippen molar-refractivity contribution in [2.24, 2.45) is 0 Å². The first kappa shape index (κ1) is 15.4. The molecule has 0 aliphatic heterocycles. The summed E-state index contributed by atoms with van der Waals surface area (Å²) in [5.41, 5.74) is 0.149. The normalized spacial score (nSPS) is 10.1. The quantitative estimate of drug-likeness (QED) is 0.664. The van der Waals surface area contributed by atoms with Crippen LogP contribution in [0.2, 0.25) is 0 Å². The predicted octanol–water partition coefficient (Wildman–Crippen LogP) is 3.00. The number of carbonyl (C=O) groups excluding carboxylic acids is 1. The van der Waals surface area contributed by atoms with E-state index in [1.807, 2.05) is 0 Å². The second-order valence-electron chi connectivity index (χ2n) is 4.00. The SMILES string of the molecule is O=C(O)c1cc(NC(=O)c2csc(I)c2)cc(C(=O)O)c1. The fourth-order valence-corrected chi connectivity index (χ4v) is 2.91. The Morgan fingerprint density at radius 2 is 1.52 bits per heavy atom. The molecule has 0 atom stereocenters. The molecular formula is C13H8INO5S. The van der Waals surface area contributed by atoms with E-state index in [0.717, 1.165) is 8.95 Å². The summed E-state index contributed by atoms with van der Waals surface area (Å²) < 4.78 is 0.934. The first-order valence-corrected chi connectivity index (χ1v) is 7.49. The minimum absolute atomic E-state index is 0.124. The molecule has 1 heterocycles. The van der Waals surface area contributed by atoms with Gasteiger partial charge in [0.05, 0.1) is 19.6 Å². The highest BCUT2D eigenvalue weighted by molar-refractivity contribution is 14.1. The molecule has 0 bridgehead atoms. The molecule has 0 spiro atoms. The van der Waals surface area contributed by atoms with Crippen molar-refractivity contribution >= 4 is 57.5 Å². The Bertz CT molecular complexity index is 708. The molecule has 0 unspecified atom stereocenters. The zero-order chi connectivity index (χ0) is 15.6. The van der Waals surface area contributed by atoms with Gasteiger partial charge in [0, 0.05) is 11.1 Å². The Labute approximate surface area is 136 Å². The molecule has 6 nitrogen and oxygen atoms in total. The Kier molecular flexibility index (Phi) is 4.58. The number of nitrogens with one attached hydrogen (secondary N) is 1. The van der Waals surface area contributed by atoms with Crippen LogP contribution in [0.4, 0.5) is 5.69 Å². The number of hydrogen-bond acceptors (Lipinski definition) is 4. The molecule has 0 radical (unpaired) electrons. The van der Waals surface area contributed by atoms with Crippen LogP contribution in [0.1, 0.15) is 31.1 Å². The van der Waals surface area contributed by atoms with Gasteiger partial charge >= 0.3 is 11.9 Å². The van der Waals surface area contributed by atoms with E-state index in [2.05, 4.69) is 27.9 Å². The molecule has 0 saturated carbocycles. The number of halogens is 1. The molecule has 21 heavy (non-hydrogen) atoms. The molecule has 0 fully saturated rings. The van der Waals surface area contributed by atoms with Crippen LogP contribution in [0.15, 0.2) is 29.6 Å². The van der Waals surface area contributed by atoms with Crippen LogP contribution in [-0.2, 0) is 0 Å². The standard InChI is InChI=1S/C13H8INO5S/c14-10-4-8(5-21-10)11(16)15-9-2-6(12(17)18)1-7(3-9)13(19)20/h1-5H,(H,15,16)(H,17,18)(H,19,20). The van der Waals surface area contributed by atoms with Crippen molar-refractivity contribution in [1.29, 1.82) is 0 Å². The van der Waals surface area contributed by atoms with E-state index in [0.29, 0.717) is 5.56 Å². The number of thiophene rings is 1. The van der Waals surface area contributed by atoms with Gasteiger partial charge in [0.25, 0.3) is 5.91 Å². The van der Waals surface area contributed by atoms with Gasteiger partial charge < -0.3 is 15.5 Å². The number of amides is 1. The maximum Gasteiger partial charge on any atom is 0.335 e. The van der Waals surface area contributed by atoms with E-state index < -0.39 is 17.8 Å². The molecule has 0 aliphatic rings. The summed E-state index contributed by atoms with van der Waals surface area (Å²) in [6.07, 6.45) is 0. The largest absolute Gasteiger partial charge is 0.478 e. The third-order valence-electron chi connectivity index (χ3n) is 2.51. The summed E-state index contributed by atoms with van der Waals surface area (Å²) >= 11 is 3.47. The van der Waals surface area contributed by atoms with Crippen LogP contribution in [0.5, 0.6) is 0 Å². The van der Waals surface area contributed by atoms with E-state index in [-0.39, 0.29) is 16.8 Å². The smallest absolute Gasteiger partial charge is 0.335 e. The summed E-state index contributed by atoms with van der Waals surface area (Å²) in [6.45, 7) is 0. The highest BCUT2D eigenvalue weighted by Crippen LogP contribution is 2.20. The molecule has 1 aromatic heterocycles.